The number of carbonyl (C=O) groups is 1. The van der Waals surface area contributed by atoms with Crippen molar-refractivity contribution in [2.75, 3.05) is 19.6 Å². The number of nitrogens with one attached hydrogen (secondary N) is 1. The third kappa shape index (κ3) is 13.2. The number of pyridine rings is 1. The number of ether oxygens (including phenoxy) is 2. The van der Waals surface area contributed by atoms with Crippen molar-refractivity contribution in [1.82, 2.24) is 15.2 Å². The van der Waals surface area contributed by atoms with E-state index in [0.29, 0.717) is 12.1 Å². The number of amides is 1. The van der Waals surface area contributed by atoms with Crippen molar-refractivity contribution in [3.8, 4) is 11.1 Å². The normalized spacial score (nSPS) is 17.1. The van der Waals surface area contributed by atoms with Crippen molar-refractivity contribution < 1.29 is 19.4 Å². The summed E-state index contributed by atoms with van der Waals surface area (Å²) in [6.45, 7) is 8.11. The molecule has 5 rings (SSSR count). The lowest BCUT2D eigenvalue weighted by Crippen LogP contribution is -2.40. The smallest absolute Gasteiger partial charge is 0.253 e. The van der Waals surface area contributed by atoms with Crippen LogP contribution in [0.25, 0.3) is 11.1 Å². The van der Waals surface area contributed by atoms with Gasteiger partial charge in [-0.25, -0.2) is 0 Å². The molecule has 7 heteroatoms. The lowest BCUT2D eigenvalue weighted by atomic mass is 9.97. The summed E-state index contributed by atoms with van der Waals surface area (Å²) in [4.78, 5) is 19.5. The number of aliphatic hydroxyl groups is 1. The number of hydrogen-bond acceptors (Lipinski definition) is 6. The van der Waals surface area contributed by atoms with Crippen LogP contribution in [0.4, 0.5) is 0 Å². The summed E-state index contributed by atoms with van der Waals surface area (Å²) in [5.74, 6) is -0.146. The fourth-order valence-electron chi connectivity index (χ4n) is 7.40. The zero-order valence-electron chi connectivity index (χ0n) is 32.8. The Hall–Kier alpha value is -3.88. The molecule has 0 unspecified atom stereocenters. The molecule has 0 spiro atoms. The van der Waals surface area contributed by atoms with Crippen LogP contribution < -0.4 is 5.32 Å². The number of hydrogen-bond donors (Lipinski definition) is 2. The summed E-state index contributed by atoms with van der Waals surface area (Å²) in [5, 5.41) is 12.7. The quantitative estimate of drug-likeness (QED) is 0.0739. The topological polar surface area (TPSA) is 83.9 Å². The van der Waals surface area contributed by atoms with E-state index in [1.807, 2.05) is 24.3 Å². The zero-order valence-corrected chi connectivity index (χ0v) is 32.8. The van der Waals surface area contributed by atoms with E-state index >= 15 is 0 Å². The minimum absolute atomic E-state index is 0.0234. The van der Waals surface area contributed by atoms with Crippen LogP contribution in [-0.4, -0.2) is 46.6 Å². The van der Waals surface area contributed by atoms with Crippen LogP contribution in [0, 0.1) is 0 Å². The maximum atomic E-state index is 12.7. The van der Waals surface area contributed by atoms with E-state index < -0.39 is 6.29 Å². The van der Waals surface area contributed by atoms with Crippen molar-refractivity contribution in [3.05, 3.63) is 125 Å². The number of nitrogens with zero attached hydrogens (tertiary/aromatic N) is 2. The van der Waals surface area contributed by atoms with Crippen molar-refractivity contribution >= 4 is 5.91 Å². The summed E-state index contributed by atoms with van der Waals surface area (Å²) in [5.41, 5.74) is 6.72. The first-order chi connectivity index (χ1) is 26.6. The lowest BCUT2D eigenvalue weighted by Gasteiger charge is -2.38. The highest BCUT2D eigenvalue weighted by molar-refractivity contribution is 5.93. The number of aliphatic hydroxyl groups excluding tert-OH is 1. The molecule has 4 aromatic rings. The first kappa shape index (κ1) is 41.3. The Kier molecular flexibility index (Phi) is 17.7. The lowest BCUT2D eigenvalue weighted by molar-refractivity contribution is -0.253. The fourth-order valence-corrected chi connectivity index (χ4v) is 7.40. The molecule has 2 heterocycles. The van der Waals surface area contributed by atoms with Gasteiger partial charge in [-0.3, -0.25) is 9.78 Å². The molecule has 54 heavy (non-hydrogen) atoms. The molecule has 1 aliphatic heterocycles. The average Bonchev–Trinajstić information content (AvgIpc) is 3.22. The number of carbonyl (C=O) groups excluding carboxylic acids is 1. The number of benzene rings is 3. The van der Waals surface area contributed by atoms with Gasteiger partial charge in [0.1, 0.15) is 0 Å². The number of rotatable bonds is 23. The second-order valence-corrected chi connectivity index (χ2v) is 14.9. The standard InChI is InChI=1S/C47H63N3O4/c1-3-5-7-9-11-15-30-50(31-16-12-10-8-6-4-2)35-43-32-45(39-23-21-37(36-51)22-24-39)54-47(53-43)40-27-25-38(26-28-40)44-20-14-13-18-41(44)34-49-46(52)42-19-17-29-48-33-42/h13-14,17-29,33,43,45,47,51H,3-12,15-16,30-32,34-36H2,1-2H3,(H,49,52)/t43-,45+,47+/m1/s1. The molecule has 0 bridgehead atoms. The minimum atomic E-state index is -0.501. The van der Waals surface area contributed by atoms with Gasteiger partial charge in [0, 0.05) is 37.5 Å². The Morgan fingerprint density at radius 1 is 0.759 bits per heavy atom. The molecule has 0 aliphatic carbocycles. The van der Waals surface area contributed by atoms with E-state index in [-0.39, 0.29) is 24.7 Å². The highest BCUT2D eigenvalue weighted by Crippen LogP contribution is 2.39. The second kappa shape index (κ2) is 23.1. The largest absolute Gasteiger partial charge is 0.392 e. The van der Waals surface area contributed by atoms with Gasteiger partial charge in [0.05, 0.1) is 24.4 Å². The Morgan fingerprint density at radius 2 is 1.41 bits per heavy atom. The molecule has 1 aliphatic rings. The van der Waals surface area contributed by atoms with Gasteiger partial charge in [-0.1, -0.05) is 151 Å². The first-order valence-electron chi connectivity index (χ1n) is 20.7. The van der Waals surface area contributed by atoms with Crippen LogP contribution in [0.5, 0.6) is 0 Å². The van der Waals surface area contributed by atoms with Gasteiger partial charge in [0.15, 0.2) is 6.29 Å². The molecular formula is C47H63N3O4. The van der Waals surface area contributed by atoms with E-state index in [2.05, 4.69) is 77.6 Å². The molecule has 1 aromatic heterocycles. The van der Waals surface area contributed by atoms with E-state index in [1.165, 1.54) is 77.0 Å². The van der Waals surface area contributed by atoms with Crippen molar-refractivity contribution in [3.63, 3.8) is 0 Å². The van der Waals surface area contributed by atoms with Crippen LogP contribution in [0.2, 0.25) is 0 Å². The highest BCUT2D eigenvalue weighted by Gasteiger charge is 2.33. The number of unbranched alkanes of at least 4 members (excludes halogenated alkanes) is 10. The van der Waals surface area contributed by atoms with Gasteiger partial charge in [-0.2, -0.15) is 0 Å². The van der Waals surface area contributed by atoms with Gasteiger partial charge in [-0.05, 0) is 65.9 Å². The predicted octanol–water partition coefficient (Wildman–Crippen LogP) is 10.7. The van der Waals surface area contributed by atoms with E-state index in [4.69, 9.17) is 9.47 Å². The Labute approximate surface area is 324 Å². The molecule has 3 atom stereocenters. The van der Waals surface area contributed by atoms with Gasteiger partial charge in [0.25, 0.3) is 5.91 Å². The summed E-state index contributed by atoms with van der Waals surface area (Å²) in [6.07, 6.45) is 19.0. The molecule has 0 radical (unpaired) electrons. The monoisotopic (exact) mass is 733 g/mol. The summed E-state index contributed by atoms with van der Waals surface area (Å²) in [7, 11) is 0. The van der Waals surface area contributed by atoms with Crippen molar-refractivity contribution in [1.29, 1.82) is 0 Å². The van der Waals surface area contributed by atoms with Gasteiger partial charge >= 0.3 is 0 Å². The van der Waals surface area contributed by atoms with Gasteiger partial charge < -0.3 is 24.8 Å². The maximum absolute atomic E-state index is 12.7. The Balaban J connectivity index is 1.29. The Morgan fingerprint density at radius 3 is 2.06 bits per heavy atom. The fraction of sp³-hybridized carbons (Fsp3) is 0.489. The van der Waals surface area contributed by atoms with E-state index in [0.717, 1.165) is 59.4 Å². The SMILES string of the molecule is CCCCCCCCN(CCCCCCCC)C[C@H]1C[C@@H](c2ccc(CO)cc2)O[C@@H](c2ccc(-c3ccccc3CNC(=O)c3cccnc3)cc2)O1. The molecular weight excluding hydrogens is 671 g/mol. The van der Waals surface area contributed by atoms with Crippen molar-refractivity contribution in [2.45, 2.75) is 129 Å². The third-order valence-corrected chi connectivity index (χ3v) is 10.6. The zero-order chi connectivity index (χ0) is 37.8. The van der Waals surface area contributed by atoms with E-state index in [1.54, 1.807) is 24.5 Å². The van der Waals surface area contributed by atoms with Crippen LogP contribution in [0.15, 0.2) is 97.3 Å². The summed E-state index contributed by atoms with van der Waals surface area (Å²) in [6, 6.07) is 28.4. The molecule has 1 amide bonds. The van der Waals surface area contributed by atoms with Gasteiger partial charge in [0.2, 0.25) is 0 Å². The molecule has 2 N–H and O–H groups in total. The molecule has 0 saturated carbocycles. The first-order valence-corrected chi connectivity index (χ1v) is 20.7. The van der Waals surface area contributed by atoms with E-state index in [9.17, 15) is 9.90 Å². The molecule has 7 nitrogen and oxygen atoms in total. The maximum Gasteiger partial charge on any atom is 0.253 e. The second-order valence-electron chi connectivity index (χ2n) is 14.9. The van der Waals surface area contributed by atoms with Gasteiger partial charge in [-0.15, -0.1) is 0 Å². The molecule has 3 aromatic carbocycles. The number of aromatic nitrogens is 1. The highest BCUT2D eigenvalue weighted by atomic mass is 16.7. The van der Waals surface area contributed by atoms with Crippen LogP contribution in [0.3, 0.4) is 0 Å². The third-order valence-electron chi connectivity index (χ3n) is 10.6. The molecule has 1 fully saturated rings. The van der Waals surface area contributed by atoms with Crippen LogP contribution in [0.1, 0.15) is 142 Å². The molecule has 290 valence electrons. The average molecular weight is 734 g/mol. The summed E-state index contributed by atoms with van der Waals surface area (Å²) >= 11 is 0. The van der Waals surface area contributed by atoms with Crippen LogP contribution in [-0.2, 0) is 22.6 Å². The molecule has 1 saturated heterocycles. The minimum Gasteiger partial charge on any atom is -0.392 e. The van der Waals surface area contributed by atoms with Crippen LogP contribution >= 0.6 is 0 Å². The predicted molar refractivity (Wildman–Crippen MR) is 219 cm³/mol. The Bertz CT molecular complexity index is 1610. The summed E-state index contributed by atoms with van der Waals surface area (Å²) < 4.78 is 13.6. The van der Waals surface area contributed by atoms with Crippen molar-refractivity contribution in [2.24, 2.45) is 0 Å².